The molecule has 0 aliphatic heterocycles. The number of nitrogens with one attached hydrogen (secondary N) is 1. The first-order chi connectivity index (χ1) is 9.74. The number of carbonyl (C=O) groups is 1. The average Bonchev–Trinajstić information content (AvgIpc) is 2.43. The Morgan fingerprint density at radius 2 is 1.90 bits per heavy atom. The number of ether oxygens (including phenoxy) is 1. The Morgan fingerprint density at radius 3 is 2.38 bits per heavy atom. The van der Waals surface area contributed by atoms with Crippen molar-refractivity contribution in [2.24, 2.45) is 0 Å². The first kappa shape index (κ1) is 17.3. The maximum Gasteiger partial charge on any atom is 0.258 e. The lowest BCUT2D eigenvalue weighted by atomic mass is 10.2. The van der Waals surface area contributed by atoms with Crippen molar-refractivity contribution in [1.82, 2.24) is 5.32 Å². The second-order valence-corrected chi connectivity index (χ2v) is 6.90. The summed E-state index contributed by atoms with van der Waals surface area (Å²) in [6.07, 6.45) is 1.99. The molecule has 1 N–H and O–H groups in total. The second-order valence-electron chi connectivity index (χ2n) is 4.89. The molecular formula is C14H22N2O4S. The van der Waals surface area contributed by atoms with Gasteiger partial charge in [0, 0.05) is 13.1 Å². The average molecular weight is 314 g/mol. The fourth-order valence-electron chi connectivity index (χ4n) is 1.51. The summed E-state index contributed by atoms with van der Waals surface area (Å²) in [5.41, 5.74) is 0.536. The molecule has 0 fully saturated rings. The van der Waals surface area contributed by atoms with Crippen molar-refractivity contribution >= 4 is 21.6 Å². The molecule has 0 bridgehead atoms. The minimum Gasteiger partial charge on any atom is -0.484 e. The first-order valence-corrected chi connectivity index (χ1v) is 8.55. The van der Waals surface area contributed by atoms with Crippen LogP contribution in [-0.4, -0.2) is 40.3 Å². The highest BCUT2D eigenvalue weighted by Gasteiger charge is 2.12. The van der Waals surface area contributed by atoms with Gasteiger partial charge in [-0.15, -0.1) is 0 Å². The molecule has 0 aromatic heterocycles. The molecular weight excluding hydrogens is 292 g/mol. The molecule has 0 aliphatic carbocycles. The van der Waals surface area contributed by atoms with Crippen LogP contribution in [0.3, 0.4) is 0 Å². The van der Waals surface area contributed by atoms with Gasteiger partial charge < -0.3 is 10.1 Å². The Morgan fingerprint density at radius 1 is 1.33 bits per heavy atom. The molecule has 1 unspecified atom stereocenters. The molecule has 1 atom stereocenters. The Labute approximate surface area is 126 Å². The van der Waals surface area contributed by atoms with Crippen molar-refractivity contribution in [1.29, 1.82) is 0 Å². The van der Waals surface area contributed by atoms with E-state index in [0.29, 0.717) is 11.4 Å². The van der Waals surface area contributed by atoms with Crippen molar-refractivity contribution in [2.45, 2.75) is 26.3 Å². The van der Waals surface area contributed by atoms with Gasteiger partial charge in [0.05, 0.1) is 11.9 Å². The van der Waals surface area contributed by atoms with Gasteiger partial charge >= 0.3 is 0 Å². The van der Waals surface area contributed by atoms with E-state index in [1.54, 1.807) is 24.3 Å². The number of hydrogen-bond acceptors (Lipinski definition) is 4. The Balaban J connectivity index is 2.58. The summed E-state index contributed by atoms with van der Waals surface area (Å²) in [5.74, 6) is 0.335. The number of benzene rings is 1. The Bertz CT molecular complexity index is 569. The number of sulfonamides is 1. The molecule has 1 amide bonds. The number of amides is 1. The van der Waals surface area contributed by atoms with Gasteiger partial charge in [-0.2, -0.15) is 0 Å². The molecule has 0 aliphatic rings. The summed E-state index contributed by atoms with van der Waals surface area (Å²) in [7, 11) is -1.81. The molecule has 118 valence electrons. The van der Waals surface area contributed by atoms with E-state index in [2.05, 4.69) is 5.32 Å². The van der Waals surface area contributed by atoms with E-state index in [0.717, 1.165) is 12.7 Å². The third kappa shape index (κ3) is 5.63. The lowest BCUT2D eigenvalue weighted by molar-refractivity contribution is -0.123. The van der Waals surface area contributed by atoms with Gasteiger partial charge in [0.1, 0.15) is 5.75 Å². The van der Waals surface area contributed by atoms with E-state index in [9.17, 15) is 13.2 Å². The van der Waals surface area contributed by atoms with Crippen LogP contribution < -0.4 is 14.4 Å². The van der Waals surface area contributed by atoms with Crippen molar-refractivity contribution in [3.63, 3.8) is 0 Å². The van der Waals surface area contributed by atoms with Gasteiger partial charge in [0.15, 0.2) is 6.61 Å². The number of hydrogen-bond donors (Lipinski definition) is 1. The van der Waals surface area contributed by atoms with Gasteiger partial charge in [0.2, 0.25) is 10.0 Å². The van der Waals surface area contributed by atoms with Crippen molar-refractivity contribution in [3.8, 4) is 5.75 Å². The second kappa shape index (κ2) is 7.31. The van der Waals surface area contributed by atoms with Crippen molar-refractivity contribution in [2.75, 3.05) is 24.2 Å². The quantitative estimate of drug-likeness (QED) is 0.825. The van der Waals surface area contributed by atoms with Crippen LogP contribution in [0.1, 0.15) is 20.3 Å². The van der Waals surface area contributed by atoms with E-state index in [1.807, 2.05) is 13.8 Å². The fourth-order valence-corrected chi connectivity index (χ4v) is 2.02. The predicted molar refractivity (Wildman–Crippen MR) is 83.1 cm³/mol. The van der Waals surface area contributed by atoms with Crippen LogP contribution in [0.25, 0.3) is 0 Å². The molecule has 21 heavy (non-hydrogen) atoms. The standard InChI is InChI=1S/C14H22N2O4S/c1-5-11(2)15-14(17)10-20-13-8-6-12(7-9-13)16(3)21(4,18)19/h6-9,11H,5,10H2,1-4H3,(H,15,17). The molecule has 0 saturated heterocycles. The Kier molecular flexibility index (Phi) is 6.02. The van der Waals surface area contributed by atoms with Gasteiger partial charge in [-0.05, 0) is 37.6 Å². The highest BCUT2D eigenvalue weighted by Crippen LogP contribution is 2.20. The minimum absolute atomic E-state index is 0.0639. The third-order valence-electron chi connectivity index (χ3n) is 3.09. The molecule has 0 spiro atoms. The van der Waals surface area contributed by atoms with Gasteiger partial charge in [0.25, 0.3) is 5.91 Å². The van der Waals surface area contributed by atoms with Gasteiger partial charge in [-0.25, -0.2) is 8.42 Å². The van der Waals surface area contributed by atoms with Gasteiger partial charge in [-0.1, -0.05) is 6.92 Å². The van der Waals surface area contributed by atoms with Crippen LogP contribution in [0.15, 0.2) is 24.3 Å². The molecule has 0 saturated carbocycles. The number of carbonyl (C=O) groups excluding carboxylic acids is 1. The van der Waals surface area contributed by atoms with Crippen LogP contribution in [0.5, 0.6) is 5.75 Å². The molecule has 6 nitrogen and oxygen atoms in total. The fraction of sp³-hybridized carbons (Fsp3) is 0.500. The molecule has 1 aromatic rings. The summed E-state index contributed by atoms with van der Waals surface area (Å²) < 4.78 is 29.3. The van der Waals surface area contributed by atoms with Crippen LogP contribution >= 0.6 is 0 Å². The highest BCUT2D eigenvalue weighted by atomic mass is 32.2. The van der Waals surface area contributed by atoms with Crippen LogP contribution in [0.2, 0.25) is 0 Å². The molecule has 1 rings (SSSR count). The van der Waals surface area contributed by atoms with Crippen LogP contribution in [0, 0.1) is 0 Å². The summed E-state index contributed by atoms with van der Waals surface area (Å²) in [5, 5.41) is 2.80. The third-order valence-corrected chi connectivity index (χ3v) is 4.29. The van der Waals surface area contributed by atoms with Crippen LogP contribution in [0.4, 0.5) is 5.69 Å². The largest absolute Gasteiger partial charge is 0.484 e. The topological polar surface area (TPSA) is 75.7 Å². The summed E-state index contributed by atoms with van der Waals surface area (Å²) in [6.45, 7) is 3.85. The first-order valence-electron chi connectivity index (χ1n) is 6.70. The van der Waals surface area contributed by atoms with E-state index >= 15 is 0 Å². The zero-order valence-electron chi connectivity index (χ0n) is 12.8. The molecule has 0 heterocycles. The molecule has 1 aromatic carbocycles. The van der Waals surface area contributed by atoms with E-state index in [4.69, 9.17) is 4.74 Å². The highest BCUT2D eigenvalue weighted by molar-refractivity contribution is 7.92. The maximum atomic E-state index is 11.6. The predicted octanol–water partition coefficient (Wildman–Crippen LogP) is 1.38. The van der Waals surface area contributed by atoms with E-state index < -0.39 is 10.0 Å². The zero-order chi connectivity index (χ0) is 16.0. The van der Waals surface area contributed by atoms with Crippen molar-refractivity contribution in [3.05, 3.63) is 24.3 Å². The summed E-state index contributed by atoms with van der Waals surface area (Å²) in [4.78, 5) is 11.6. The summed E-state index contributed by atoms with van der Waals surface area (Å²) >= 11 is 0. The van der Waals surface area contributed by atoms with Crippen LogP contribution in [-0.2, 0) is 14.8 Å². The Hall–Kier alpha value is -1.76. The SMILES string of the molecule is CCC(C)NC(=O)COc1ccc(N(C)S(C)(=O)=O)cc1. The molecule has 7 heteroatoms. The number of anilines is 1. The van der Waals surface area contributed by atoms with E-state index in [1.165, 1.54) is 11.4 Å². The monoisotopic (exact) mass is 314 g/mol. The maximum absolute atomic E-state index is 11.6. The zero-order valence-corrected chi connectivity index (χ0v) is 13.6. The molecule has 0 radical (unpaired) electrons. The summed E-state index contributed by atoms with van der Waals surface area (Å²) in [6, 6.07) is 6.64. The normalized spacial score (nSPS) is 12.6. The smallest absolute Gasteiger partial charge is 0.258 e. The van der Waals surface area contributed by atoms with E-state index in [-0.39, 0.29) is 18.6 Å². The number of rotatable bonds is 7. The van der Waals surface area contributed by atoms with Crippen molar-refractivity contribution < 1.29 is 17.9 Å². The lowest BCUT2D eigenvalue weighted by Gasteiger charge is -2.17. The lowest BCUT2D eigenvalue weighted by Crippen LogP contribution is -2.35. The minimum atomic E-state index is -3.28. The van der Waals surface area contributed by atoms with Gasteiger partial charge in [-0.3, -0.25) is 9.10 Å². The number of nitrogens with zero attached hydrogens (tertiary/aromatic N) is 1.